The molecule has 1 amide bonds. The van der Waals surface area contributed by atoms with Crippen LogP contribution in [0, 0.1) is 6.92 Å². The highest BCUT2D eigenvalue weighted by Gasteiger charge is 2.15. The maximum absolute atomic E-state index is 12.5. The van der Waals surface area contributed by atoms with Gasteiger partial charge in [-0.2, -0.15) is 4.99 Å². The number of sulfone groups is 1. The second kappa shape index (κ2) is 10.1. The molecule has 0 saturated heterocycles. The third-order valence-electron chi connectivity index (χ3n) is 4.82. The van der Waals surface area contributed by atoms with Gasteiger partial charge in [-0.25, -0.2) is 13.2 Å². The van der Waals surface area contributed by atoms with Crippen LogP contribution in [0.2, 0.25) is 0 Å². The molecular weight excluding hydrogens is 448 g/mol. The molecule has 32 heavy (non-hydrogen) atoms. The van der Waals surface area contributed by atoms with E-state index in [0.717, 1.165) is 15.8 Å². The van der Waals surface area contributed by atoms with Crippen LogP contribution in [-0.4, -0.2) is 37.7 Å². The van der Waals surface area contributed by atoms with Crippen molar-refractivity contribution in [2.45, 2.75) is 31.2 Å². The van der Waals surface area contributed by atoms with Crippen LogP contribution >= 0.6 is 11.3 Å². The van der Waals surface area contributed by atoms with E-state index in [4.69, 9.17) is 4.74 Å². The van der Waals surface area contributed by atoms with Crippen molar-refractivity contribution in [1.29, 1.82) is 0 Å². The van der Waals surface area contributed by atoms with Crippen LogP contribution in [0.5, 0.6) is 0 Å². The predicted octanol–water partition coefficient (Wildman–Crippen LogP) is 3.67. The number of fused-ring (bicyclic) bond motifs is 1. The number of carbonyl (C=O) groups is 2. The molecule has 7 nitrogen and oxygen atoms in total. The van der Waals surface area contributed by atoms with Crippen LogP contribution < -0.4 is 4.80 Å². The number of esters is 1. The number of amides is 1. The first kappa shape index (κ1) is 23.6. The minimum Gasteiger partial charge on any atom is -0.465 e. The Kier molecular flexibility index (Phi) is 7.42. The summed E-state index contributed by atoms with van der Waals surface area (Å²) < 4.78 is 32.3. The molecule has 0 bridgehead atoms. The maximum atomic E-state index is 12.5. The van der Waals surface area contributed by atoms with E-state index in [1.807, 2.05) is 11.5 Å². The fourth-order valence-electron chi connectivity index (χ4n) is 3.15. The molecule has 0 fully saturated rings. The maximum Gasteiger partial charge on any atom is 0.337 e. The summed E-state index contributed by atoms with van der Waals surface area (Å²) in [6.45, 7) is 6.07. The third kappa shape index (κ3) is 5.41. The number of hydrogen-bond acceptors (Lipinski definition) is 6. The Balaban J connectivity index is 1.79. The average Bonchev–Trinajstić information content (AvgIpc) is 3.09. The first-order valence-corrected chi connectivity index (χ1v) is 12.4. The van der Waals surface area contributed by atoms with Crippen molar-refractivity contribution in [1.82, 2.24) is 4.57 Å². The van der Waals surface area contributed by atoms with Crippen molar-refractivity contribution < 1.29 is 22.7 Å². The molecule has 0 aliphatic rings. The molecule has 2 aromatic carbocycles. The topological polar surface area (TPSA) is 94.8 Å². The van der Waals surface area contributed by atoms with Crippen molar-refractivity contribution >= 4 is 43.3 Å². The molecule has 0 spiro atoms. The minimum absolute atomic E-state index is 0.0147. The molecule has 1 heterocycles. The van der Waals surface area contributed by atoms with E-state index in [1.165, 1.54) is 18.4 Å². The van der Waals surface area contributed by atoms with E-state index in [0.29, 0.717) is 16.9 Å². The van der Waals surface area contributed by atoms with Gasteiger partial charge in [-0.1, -0.05) is 35.1 Å². The molecule has 168 valence electrons. The van der Waals surface area contributed by atoms with E-state index in [1.54, 1.807) is 48.5 Å². The summed E-state index contributed by atoms with van der Waals surface area (Å²) in [5.41, 5.74) is 2.20. The molecule has 9 heteroatoms. The monoisotopic (exact) mass is 472 g/mol. The average molecular weight is 473 g/mol. The van der Waals surface area contributed by atoms with Gasteiger partial charge in [0, 0.05) is 13.0 Å². The second-order valence-corrected chi connectivity index (χ2v) is 10.3. The third-order valence-corrected chi connectivity index (χ3v) is 7.68. The summed E-state index contributed by atoms with van der Waals surface area (Å²) in [5, 5.41) is 0. The molecule has 0 N–H and O–H groups in total. The number of hydrogen-bond donors (Lipinski definition) is 0. The Labute approximate surface area is 190 Å². The fourth-order valence-corrected chi connectivity index (χ4v) is 5.56. The van der Waals surface area contributed by atoms with E-state index in [-0.39, 0.29) is 23.5 Å². The lowest BCUT2D eigenvalue weighted by Crippen LogP contribution is -2.16. The van der Waals surface area contributed by atoms with E-state index < -0.39 is 21.7 Å². The van der Waals surface area contributed by atoms with Gasteiger partial charge < -0.3 is 9.30 Å². The highest BCUT2D eigenvalue weighted by Crippen LogP contribution is 2.20. The smallest absolute Gasteiger partial charge is 0.337 e. The first-order chi connectivity index (χ1) is 15.2. The predicted molar refractivity (Wildman–Crippen MR) is 124 cm³/mol. The summed E-state index contributed by atoms with van der Waals surface area (Å²) in [6, 6.07) is 11.8. The zero-order valence-electron chi connectivity index (χ0n) is 17.9. The van der Waals surface area contributed by atoms with Crippen molar-refractivity contribution in [3.05, 3.63) is 71.0 Å². The zero-order valence-corrected chi connectivity index (χ0v) is 19.5. The van der Waals surface area contributed by atoms with Gasteiger partial charge in [0.2, 0.25) is 5.91 Å². The first-order valence-electron chi connectivity index (χ1n) is 9.95. The number of benzene rings is 2. The standard InChI is InChI=1S/C23H24N2O5S2/c1-4-13-25-19-12-9-17(22(27)30-3)15-20(19)31-23(25)24-21(26)6-5-14-32(28,29)18-10-7-16(2)8-11-18/h4,7-12,15H,1,5-6,13-14H2,2-3H3. The highest BCUT2D eigenvalue weighted by molar-refractivity contribution is 7.91. The summed E-state index contributed by atoms with van der Waals surface area (Å²) in [4.78, 5) is 29.2. The number of allylic oxidation sites excluding steroid dienone is 1. The van der Waals surface area contributed by atoms with Crippen LogP contribution in [0.3, 0.4) is 0 Å². The number of rotatable bonds is 8. The van der Waals surface area contributed by atoms with Crippen LogP contribution in [0.4, 0.5) is 0 Å². The Morgan fingerprint density at radius 1 is 1.19 bits per heavy atom. The summed E-state index contributed by atoms with van der Waals surface area (Å²) >= 11 is 1.27. The summed E-state index contributed by atoms with van der Waals surface area (Å²) in [6.07, 6.45) is 1.89. The zero-order chi connectivity index (χ0) is 23.3. The molecule has 0 aliphatic heterocycles. The summed E-state index contributed by atoms with van der Waals surface area (Å²) in [5.74, 6) is -0.972. The molecule has 0 radical (unpaired) electrons. The number of aromatic nitrogens is 1. The SMILES string of the molecule is C=CCn1c(=NC(=O)CCCS(=O)(=O)c2ccc(C)cc2)sc2cc(C(=O)OC)ccc21. The van der Waals surface area contributed by atoms with Crippen molar-refractivity contribution in [2.75, 3.05) is 12.9 Å². The van der Waals surface area contributed by atoms with Crippen LogP contribution in [-0.2, 0) is 25.9 Å². The number of carbonyl (C=O) groups excluding carboxylic acids is 2. The van der Waals surface area contributed by atoms with Crippen molar-refractivity contribution in [2.24, 2.45) is 4.99 Å². The van der Waals surface area contributed by atoms with E-state index >= 15 is 0 Å². The van der Waals surface area contributed by atoms with Gasteiger partial charge in [0.25, 0.3) is 0 Å². The number of thiazole rings is 1. The minimum atomic E-state index is -3.45. The Bertz CT molecular complexity index is 1330. The lowest BCUT2D eigenvalue weighted by atomic mass is 10.2. The van der Waals surface area contributed by atoms with Crippen molar-refractivity contribution in [3.63, 3.8) is 0 Å². The lowest BCUT2D eigenvalue weighted by molar-refractivity contribution is -0.118. The molecule has 0 saturated carbocycles. The van der Waals surface area contributed by atoms with Gasteiger partial charge in [-0.05, 0) is 43.7 Å². The fraction of sp³-hybridized carbons (Fsp3) is 0.261. The molecule has 0 unspecified atom stereocenters. The lowest BCUT2D eigenvalue weighted by Gasteiger charge is -2.04. The van der Waals surface area contributed by atoms with Crippen LogP contribution in [0.25, 0.3) is 10.2 Å². The van der Waals surface area contributed by atoms with Crippen LogP contribution in [0.1, 0.15) is 28.8 Å². The molecule has 0 aliphatic carbocycles. The normalized spacial score (nSPS) is 12.1. The summed E-state index contributed by atoms with van der Waals surface area (Å²) in [7, 11) is -2.14. The van der Waals surface area contributed by atoms with Gasteiger partial charge in [0.05, 0.1) is 33.5 Å². The van der Waals surface area contributed by atoms with E-state index in [2.05, 4.69) is 11.6 Å². The quantitative estimate of drug-likeness (QED) is 0.368. The number of ether oxygens (including phenoxy) is 1. The van der Waals surface area contributed by atoms with E-state index in [9.17, 15) is 18.0 Å². The van der Waals surface area contributed by atoms with Gasteiger partial charge in [0.1, 0.15) is 0 Å². The number of nitrogens with zero attached hydrogens (tertiary/aromatic N) is 2. The second-order valence-electron chi connectivity index (χ2n) is 7.20. The molecule has 0 atom stereocenters. The molecular formula is C23H24N2O5S2. The van der Waals surface area contributed by atoms with Gasteiger partial charge >= 0.3 is 5.97 Å². The Hall–Kier alpha value is -3.04. The van der Waals surface area contributed by atoms with Gasteiger partial charge in [0.15, 0.2) is 14.6 Å². The van der Waals surface area contributed by atoms with Crippen LogP contribution in [0.15, 0.2) is 65.0 Å². The number of methoxy groups -OCH3 is 1. The van der Waals surface area contributed by atoms with Gasteiger partial charge in [-0.15, -0.1) is 6.58 Å². The van der Waals surface area contributed by atoms with Gasteiger partial charge in [-0.3, -0.25) is 4.79 Å². The molecule has 3 rings (SSSR count). The number of aryl methyl sites for hydroxylation is 1. The Morgan fingerprint density at radius 2 is 1.91 bits per heavy atom. The molecule has 1 aromatic heterocycles. The largest absolute Gasteiger partial charge is 0.465 e. The highest BCUT2D eigenvalue weighted by atomic mass is 32.2. The Morgan fingerprint density at radius 3 is 2.56 bits per heavy atom. The van der Waals surface area contributed by atoms with Crippen molar-refractivity contribution in [3.8, 4) is 0 Å². The molecule has 3 aromatic rings.